The highest BCUT2D eigenvalue weighted by atomic mass is 16.5. The van der Waals surface area contributed by atoms with Crippen LogP contribution in [-0.4, -0.2) is 18.9 Å². The van der Waals surface area contributed by atoms with Crippen molar-refractivity contribution in [2.75, 3.05) is 12.0 Å². The van der Waals surface area contributed by atoms with Gasteiger partial charge in [-0.2, -0.15) is 0 Å². The quantitative estimate of drug-likeness (QED) is 0.401. The third-order valence-corrected chi connectivity index (χ3v) is 5.29. The van der Waals surface area contributed by atoms with Crippen molar-refractivity contribution in [1.29, 1.82) is 0 Å². The maximum absolute atomic E-state index is 14.1. The summed E-state index contributed by atoms with van der Waals surface area (Å²) >= 11 is 0. The normalized spacial score (nSPS) is 10.6. The van der Waals surface area contributed by atoms with E-state index in [1.807, 2.05) is 66.7 Å². The zero-order chi connectivity index (χ0) is 22.3. The van der Waals surface area contributed by atoms with E-state index in [1.165, 1.54) is 4.90 Å². The molecular weight excluding hydrogens is 398 g/mol. The summed E-state index contributed by atoms with van der Waals surface area (Å²) in [5, 5.41) is 0. The monoisotopic (exact) mass is 421 g/mol. The van der Waals surface area contributed by atoms with Gasteiger partial charge in [0.15, 0.2) is 0 Å². The lowest BCUT2D eigenvalue weighted by Gasteiger charge is -2.27. The number of amides is 2. The minimum absolute atomic E-state index is 0.318. The molecule has 0 spiro atoms. The minimum Gasteiger partial charge on any atom is -0.497 e. The Balaban J connectivity index is 1.84. The Morgan fingerprint density at radius 2 is 1.12 bits per heavy atom. The van der Waals surface area contributed by atoms with Crippen LogP contribution in [0.3, 0.4) is 0 Å². The summed E-state index contributed by atoms with van der Waals surface area (Å²) in [4.78, 5) is 28.9. The molecule has 0 bridgehead atoms. The van der Waals surface area contributed by atoms with Crippen LogP contribution in [0.25, 0.3) is 0 Å². The van der Waals surface area contributed by atoms with Gasteiger partial charge < -0.3 is 4.74 Å². The maximum Gasteiger partial charge on any atom is 0.265 e. The van der Waals surface area contributed by atoms with Gasteiger partial charge in [0.2, 0.25) is 5.91 Å². The lowest BCUT2D eigenvalue weighted by molar-refractivity contribution is -0.118. The Hall–Kier alpha value is -4.18. The van der Waals surface area contributed by atoms with Gasteiger partial charge in [-0.05, 0) is 47.5 Å². The summed E-state index contributed by atoms with van der Waals surface area (Å²) in [5.41, 5.74) is 2.57. The SMILES string of the molecule is COc1ccc(N(C(=O)c2ccccc2)C(=O)C(c2ccccc2)c2ccccc2)cc1. The van der Waals surface area contributed by atoms with Gasteiger partial charge in [0.25, 0.3) is 5.91 Å². The van der Waals surface area contributed by atoms with E-state index in [-0.39, 0.29) is 11.8 Å². The van der Waals surface area contributed by atoms with Crippen molar-refractivity contribution in [1.82, 2.24) is 0 Å². The van der Waals surface area contributed by atoms with Gasteiger partial charge in [0, 0.05) is 5.56 Å². The van der Waals surface area contributed by atoms with E-state index in [1.54, 1.807) is 55.6 Å². The second-order valence-corrected chi connectivity index (χ2v) is 7.30. The highest BCUT2D eigenvalue weighted by Gasteiger charge is 2.33. The second kappa shape index (κ2) is 9.75. The van der Waals surface area contributed by atoms with E-state index >= 15 is 0 Å². The summed E-state index contributed by atoms with van der Waals surface area (Å²) < 4.78 is 5.25. The number of imide groups is 1. The minimum atomic E-state index is -0.632. The van der Waals surface area contributed by atoms with E-state index in [2.05, 4.69) is 0 Å². The predicted molar refractivity (Wildman–Crippen MR) is 126 cm³/mol. The Morgan fingerprint density at radius 1 is 0.656 bits per heavy atom. The van der Waals surface area contributed by atoms with Crippen molar-refractivity contribution in [2.24, 2.45) is 0 Å². The van der Waals surface area contributed by atoms with Gasteiger partial charge in [-0.3, -0.25) is 9.59 Å². The molecule has 0 radical (unpaired) electrons. The van der Waals surface area contributed by atoms with Crippen LogP contribution >= 0.6 is 0 Å². The average molecular weight is 421 g/mol. The Kier molecular flexibility index (Phi) is 6.42. The maximum atomic E-state index is 14.1. The summed E-state index contributed by atoms with van der Waals surface area (Å²) in [6.07, 6.45) is 0. The van der Waals surface area contributed by atoms with Gasteiger partial charge in [0.1, 0.15) is 5.75 Å². The van der Waals surface area contributed by atoms with Gasteiger partial charge in [-0.25, -0.2) is 4.90 Å². The summed E-state index contributed by atoms with van der Waals surface area (Å²) in [5.74, 6) is -0.679. The molecule has 0 atom stereocenters. The van der Waals surface area contributed by atoms with Crippen molar-refractivity contribution >= 4 is 17.5 Å². The second-order valence-electron chi connectivity index (χ2n) is 7.30. The standard InChI is InChI=1S/C28H23NO3/c1-32-25-19-17-24(18-20-25)29(27(30)23-15-9-4-10-16-23)28(31)26(21-11-5-2-6-12-21)22-13-7-3-8-14-22/h2-20,26H,1H3. The van der Waals surface area contributed by atoms with E-state index in [4.69, 9.17) is 4.74 Å². The summed E-state index contributed by atoms with van der Waals surface area (Å²) in [7, 11) is 1.58. The van der Waals surface area contributed by atoms with Gasteiger partial charge in [0.05, 0.1) is 18.7 Å². The molecule has 0 N–H and O–H groups in total. The zero-order valence-electron chi connectivity index (χ0n) is 17.7. The highest BCUT2D eigenvalue weighted by molar-refractivity contribution is 6.23. The third-order valence-electron chi connectivity index (χ3n) is 5.29. The van der Waals surface area contributed by atoms with Crippen LogP contribution in [-0.2, 0) is 4.79 Å². The number of anilines is 1. The van der Waals surface area contributed by atoms with E-state index in [0.29, 0.717) is 17.0 Å². The molecule has 2 amide bonds. The van der Waals surface area contributed by atoms with E-state index in [9.17, 15) is 9.59 Å². The number of hydrogen-bond acceptors (Lipinski definition) is 3. The largest absolute Gasteiger partial charge is 0.497 e. The van der Waals surface area contributed by atoms with Crippen molar-refractivity contribution in [3.8, 4) is 5.75 Å². The van der Waals surface area contributed by atoms with Crippen LogP contribution in [0.4, 0.5) is 5.69 Å². The van der Waals surface area contributed by atoms with Gasteiger partial charge >= 0.3 is 0 Å². The van der Waals surface area contributed by atoms with Crippen LogP contribution in [0.5, 0.6) is 5.75 Å². The molecule has 4 nitrogen and oxygen atoms in total. The van der Waals surface area contributed by atoms with Crippen LogP contribution < -0.4 is 9.64 Å². The zero-order valence-corrected chi connectivity index (χ0v) is 17.7. The molecule has 0 saturated heterocycles. The Bertz CT molecular complexity index is 1130. The number of rotatable bonds is 6. The molecule has 4 rings (SSSR count). The highest BCUT2D eigenvalue weighted by Crippen LogP contribution is 2.31. The van der Waals surface area contributed by atoms with E-state index < -0.39 is 5.92 Å². The number of carbonyl (C=O) groups excluding carboxylic acids is 2. The average Bonchev–Trinajstić information content (AvgIpc) is 2.86. The molecule has 0 unspecified atom stereocenters. The molecule has 4 aromatic carbocycles. The third kappa shape index (κ3) is 4.44. The number of ether oxygens (including phenoxy) is 1. The van der Waals surface area contributed by atoms with Crippen molar-refractivity contribution in [3.05, 3.63) is 132 Å². The molecular formula is C28H23NO3. The molecule has 0 aliphatic rings. The number of nitrogens with zero attached hydrogens (tertiary/aromatic N) is 1. The number of hydrogen-bond donors (Lipinski definition) is 0. The molecule has 0 aliphatic heterocycles. The molecule has 4 aromatic rings. The van der Waals surface area contributed by atoms with Crippen LogP contribution in [0, 0.1) is 0 Å². The summed E-state index contributed by atoms with van der Waals surface area (Å²) in [6.45, 7) is 0. The van der Waals surface area contributed by atoms with Crippen molar-refractivity contribution < 1.29 is 14.3 Å². The summed E-state index contributed by atoms with van der Waals surface area (Å²) in [6, 6.07) is 34.8. The fourth-order valence-corrected chi connectivity index (χ4v) is 3.68. The first kappa shape index (κ1) is 21.1. The molecule has 32 heavy (non-hydrogen) atoms. The first-order valence-corrected chi connectivity index (χ1v) is 10.4. The van der Waals surface area contributed by atoms with Crippen molar-refractivity contribution in [2.45, 2.75) is 5.92 Å². The smallest absolute Gasteiger partial charge is 0.265 e. The van der Waals surface area contributed by atoms with Gasteiger partial charge in [-0.1, -0.05) is 78.9 Å². The Morgan fingerprint density at radius 3 is 1.59 bits per heavy atom. The number of benzene rings is 4. The fraction of sp³-hybridized carbons (Fsp3) is 0.0714. The lowest BCUT2D eigenvalue weighted by Crippen LogP contribution is -2.40. The Labute approximate surface area is 187 Å². The number of methoxy groups -OCH3 is 1. The molecule has 0 aromatic heterocycles. The molecule has 4 heteroatoms. The molecule has 0 heterocycles. The first-order chi connectivity index (χ1) is 15.7. The van der Waals surface area contributed by atoms with E-state index in [0.717, 1.165) is 11.1 Å². The van der Waals surface area contributed by atoms with Crippen LogP contribution in [0.1, 0.15) is 27.4 Å². The molecule has 0 aliphatic carbocycles. The molecule has 0 saturated carbocycles. The molecule has 158 valence electrons. The molecule has 0 fully saturated rings. The van der Waals surface area contributed by atoms with Crippen LogP contribution in [0.15, 0.2) is 115 Å². The lowest BCUT2D eigenvalue weighted by atomic mass is 9.89. The van der Waals surface area contributed by atoms with Gasteiger partial charge in [-0.15, -0.1) is 0 Å². The fourth-order valence-electron chi connectivity index (χ4n) is 3.68. The topological polar surface area (TPSA) is 46.6 Å². The predicted octanol–water partition coefficient (Wildman–Crippen LogP) is 5.70. The van der Waals surface area contributed by atoms with Crippen LogP contribution in [0.2, 0.25) is 0 Å². The first-order valence-electron chi connectivity index (χ1n) is 10.4. The number of carbonyl (C=O) groups is 2. The van der Waals surface area contributed by atoms with Crippen molar-refractivity contribution in [3.63, 3.8) is 0 Å².